The van der Waals surface area contributed by atoms with Gasteiger partial charge in [-0.05, 0) is 48.9 Å². The molecule has 4 heteroatoms. The number of benzene rings is 2. The normalized spacial score (nSPS) is 11.2. The van der Waals surface area contributed by atoms with E-state index in [0.717, 1.165) is 17.1 Å². The van der Waals surface area contributed by atoms with Gasteiger partial charge in [-0.2, -0.15) is 0 Å². The fourth-order valence-electron chi connectivity index (χ4n) is 1.68. The van der Waals surface area contributed by atoms with E-state index in [1.54, 1.807) is 11.2 Å². The van der Waals surface area contributed by atoms with Gasteiger partial charge >= 0.3 is 0 Å². The third kappa shape index (κ3) is 3.76. The Balaban J connectivity index is 2.08. The van der Waals surface area contributed by atoms with Gasteiger partial charge in [0.2, 0.25) is 0 Å². The van der Waals surface area contributed by atoms with Gasteiger partial charge in [-0.15, -0.1) is 0 Å². The summed E-state index contributed by atoms with van der Waals surface area (Å²) in [6.45, 7) is 2.66. The highest BCUT2D eigenvalue weighted by atomic mass is 16.5. The zero-order valence-electron chi connectivity index (χ0n) is 11.5. The number of hydrazine groups is 1. The topological polar surface area (TPSA) is 64.5 Å². The van der Waals surface area contributed by atoms with E-state index in [4.69, 9.17) is 16.3 Å². The van der Waals surface area contributed by atoms with Gasteiger partial charge in [0, 0.05) is 12.7 Å². The molecule has 0 fully saturated rings. The van der Waals surface area contributed by atoms with Crippen molar-refractivity contribution in [2.45, 2.75) is 6.92 Å². The predicted molar refractivity (Wildman–Crippen MR) is 81.7 cm³/mol. The Hall–Kier alpha value is -2.46. The number of ether oxygens (including phenoxy) is 1. The summed E-state index contributed by atoms with van der Waals surface area (Å²) in [5, 5.41) is 1.55. The van der Waals surface area contributed by atoms with Gasteiger partial charge in [0.1, 0.15) is 11.5 Å². The van der Waals surface area contributed by atoms with Crippen molar-refractivity contribution in [1.82, 2.24) is 5.01 Å². The third-order valence-corrected chi connectivity index (χ3v) is 2.84. The molecule has 2 rings (SSSR count). The first-order valence-corrected chi connectivity index (χ1v) is 6.51. The second kappa shape index (κ2) is 6.63. The highest BCUT2D eigenvalue weighted by molar-refractivity contribution is 5.62. The van der Waals surface area contributed by atoms with Crippen LogP contribution in [0.15, 0.2) is 60.8 Å². The molecule has 4 nitrogen and oxygen atoms in total. The van der Waals surface area contributed by atoms with E-state index in [2.05, 4.69) is 0 Å². The van der Waals surface area contributed by atoms with Gasteiger partial charge in [0.15, 0.2) is 0 Å². The van der Waals surface area contributed by atoms with Gasteiger partial charge in [-0.1, -0.05) is 18.2 Å². The molecule has 0 aromatic heterocycles. The zero-order valence-corrected chi connectivity index (χ0v) is 11.5. The van der Waals surface area contributed by atoms with E-state index in [-0.39, 0.29) is 0 Å². The SMILES string of the molecule is CCN(N)/C=C(\N)c1ccc(Oc2ccccc2)cc1. The van der Waals surface area contributed by atoms with Crippen LogP contribution in [0, 0.1) is 0 Å². The van der Waals surface area contributed by atoms with E-state index in [9.17, 15) is 0 Å². The van der Waals surface area contributed by atoms with Crippen molar-refractivity contribution >= 4 is 5.70 Å². The summed E-state index contributed by atoms with van der Waals surface area (Å²) in [5.41, 5.74) is 7.51. The predicted octanol–water partition coefficient (Wildman–Crippen LogP) is 2.93. The molecule has 0 spiro atoms. The lowest BCUT2D eigenvalue weighted by Crippen LogP contribution is -2.25. The first kappa shape index (κ1) is 14.0. The maximum absolute atomic E-state index is 5.97. The van der Waals surface area contributed by atoms with Crippen molar-refractivity contribution in [3.05, 3.63) is 66.4 Å². The standard InChI is InChI=1S/C16H19N3O/c1-2-19(18)12-16(17)13-8-10-15(11-9-13)20-14-6-4-3-5-7-14/h3-12H,2,17-18H2,1H3/b16-12-. The Kier molecular flexibility index (Phi) is 4.63. The summed E-state index contributed by atoms with van der Waals surface area (Å²) in [5.74, 6) is 7.27. The van der Waals surface area contributed by atoms with Crippen molar-refractivity contribution in [2.24, 2.45) is 11.6 Å². The molecule has 2 aromatic rings. The van der Waals surface area contributed by atoms with Gasteiger partial charge in [0.05, 0.1) is 5.70 Å². The van der Waals surface area contributed by atoms with E-state index in [0.29, 0.717) is 12.2 Å². The van der Waals surface area contributed by atoms with Crippen molar-refractivity contribution in [3.8, 4) is 11.5 Å². The smallest absolute Gasteiger partial charge is 0.127 e. The molecule has 104 valence electrons. The second-order valence-corrected chi connectivity index (χ2v) is 4.35. The lowest BCUT2D eigenvalue weighted by molar-refractivity contribution is 0.418. The average Bonchev–Trinajstić information content (AvgIpc) is 2.49. The molecule has 0 aliphatic rings. The van der Waals surface area contributed by atoms with Gasteiger partial charge in [0.25, 0.3) is 0 Å². The summed E-state index contributed by atoms with van der Waals surface area (Å²) >= 11 is 0. The number of nitrogens with two attached hydrogens (primary N) is 2. The minimum absolute atomic E-state index is 0.626. The summed E-state index contributed by atoms with van der Waals surface area (Å²) in [6.07, 6.45) is 1.72. The minimum Gasteiger partial charge on any atom is -0.457 e. The lowest BCUT2D eigenvalue weighted by atomic mass is 10.1. The molecule has 2 aromatic carbocycles. The Bertz CT molecular complexity index is 564. The van der Waals surface area contributed by atoms with Crippen molar-refractivity contribution in [2.75, 3.05) is 6.54 Å². The van der Waals surface area contributed by atoms with Crippen LogP contribution in [0.1, 0.15) is 12.5 Å². The Morgan fingerprint density at radius 3 is 2.25 bits per heavy atom. The molecular weight excluding hydrogens is 250 g/mol. The van der Waals surface area contributed by atoms with Crippen molar-refractivity contribution in [3.63, 3.8) is 0 Å². The number of hydrogen-bond acceptors (Lipinski definition) is 4. The average molecular weight is 269 g/mol. The lowest BCUT2D eigenvalue weighted by Gasteiger charge is -2.12. The summed E-state index contributed by atoms with van der Waals surface area (Å²) in [4.78, 5) is 0. The molecule has 0 saturated carbocycles. The van der Waals surface area contributed by atoms with Crippen LogP contribution < -0.4 is 16.3 Å². The van der Waals surface area contributed by atoms with Crippen LogP contribution in [0.4, 0.5) is 0 Å². The van der Waals surface area contributed by atoms with Crippen molar-refractivity contribution < 1.29 is 4.74 Å². The number of rotatable bonds is 5. The maximum Gasteiger partial charge on any atom is 0.127 e. The Morgan fingerprint density at radius 2 is 1.65 bits per heavy atom. The first-order valence-electron chi connectivity index (χ1n) is 6.51. The second-order valence-electron chi connectivity index (χ2n) is 4.35. The van der Waals surface area contributed by atoms with Gasteiger partial charge in [-0.25, -0.2) is 5.84 Å². The van der Waals surface area contributed by atoms with Crippen LogP contribution in [0.25, 0.3) is 5.70 Å². The molecular formula is C16H19N3O. The molecule has 0 unspecified atom stereocenters. The summed E-state index contributed by atoms with van der Waals surface area (Å²) in [6, 6.07) is 17.2. The number of nitrogens with zero attached hydrogens (tertiary/aromatic N) is 1. The third-order valence-electron chi connectivity index (χ3n) is 2.84. The fraction of sp³-hybridized carbons (Fsp3) is 0.125. The quantitative estimate of drug-likeness (QED) is 0.647. The fourth-order valence-corrected chi connectivity index (χ4v) is 1.68. The molecule has 4 N–H and O–H groups in total. The zero-order chi connectivity index (χ0) is 14.4. The molecule has 0 heterocycles. The Labute approximate surface area is 119 Å². The molecule has 0 aliphatic heterocycles. The minimum atomic E-state index is 0.626. The maximum atomic E-state index is 5.97. The highest BCUT2D eigenvalue weighted by Crippen LogP contribution is 2.22. The number of hydrogen-bond donors (Lipinski definition) is 2. The van der Waals surface area contributed by atoms with Gasteiger partial charge in [-0.3, -0.25) is 0 Å². The highest BCUT2D eigenvalue weighted by Gasteiger charge is 2.00. The largest absolute Gasteiger partial charge is 0.457 e. The van der Waals surface area contributed by atoms with Crippen LogP contribution in [-0.2, 0) is 0 Å². The van der Waals surface area contributed by atoms with E-state index in [1.807, 2.05) is 61.5 Å². The van der Waals surface area contributed by atoms with Crippen molar-refractivity contribution in [1.29, 1.82) is 0 Å². The van der Waals surface area contributed by atoms with Gasteiger partial charge < -0.3 is 15.5 Å². The molecule has 20 heavy (non-hydrogen) atoms. The first-order chi connectivity index (χ1) is 9.69. The molecule has 0 bridgehead atoms. The molecule has 0 atom stereocenters. The van der Waals surface area contributed by atoms with Crippen LogP contribution in [0.2, 0.25) is 0 Å². The molecule has 0 radical (unpaired) electrons. The Morgan fingerprint density at radius 1 is 1.05 bits per heavy atom. The van der Waals surface area contributed by atoms with E-state index >= 15 is 0 Å². The molecule has 0 saturated heterocycles. The van der Waals surface area contributed by atoms with Crippen LogP contribution >= 0.6 is 0 Å². The van der Waals surface area contributed by atoms with Crippen LogP contribution in [-0.4, -0.2) is 11.6 Å². The van der Waals surface area contributed by atoms with Crippen LogP contribution in [0.3, 0.4) is 0 Å². The molecule has 0 aliphatic carbocycles. The van der Waals surface area contributed by atoms with E-state index in [1.165, 1.54) is 0 Å². The molecule has 0 amide bonds. The number of para-hydroxylation sites is 1. The summed E-state index contributed by atoms with van der Waals surface area (Å²) < 4.78 is 5.72. The van der Waals surface area contributed by atoms with Crippen LogP contribution in [0.5, 0.6) is 11.5 Å². The summed E-state index contributed by atoms with van der Waals surface area (Å²) in [7, 11) is 0. The monoisotopic (exact) mass is 269 g/mol. The van der Waals surface area contributed by atoms with E-state index < -0.39 is 0 Å².